The molecule has 1 N–H and O–H groups in total. The fourth-order valence-corrected chi connectivity index (χ4v) is 3.77. The third kappa shape index (κ3) is 3.88. The number of hydrogen-bond acceptors (Lipinski definition) is 5. The van der Waals surface area contributed by atoms with Gasteiger partial charge in [0, 0.05) is 18.0 Å². The first kappa shape index (κ1) is 19.7. The van der Waals surface area contributed by atoms with Gasteiger partial charge in [0.25, 0.3) is 5.56 Å². The zero-order chi connectivity index (χ0) is 21.9. The van der Waals surface area contributed by atoms with Gasteiger partial charge in [-0.25, -0.2) is 14.6 Å². The molecule has 5 rings (SSSR count). The summed E-state index contributed by atoms with van der Waals surface area (Å²) in [5.74, 6) is 1.40. The van der Waals surface area contributed by atoms with Crippen molar-refractivity contribution in [3.63, 3.8) is 0 Å². The zero-order valence-electron chi connectivity index (χ0n) is 17.5. The predicted molar refractivity (Wildman–Crippen MR) is 123 cm³/mol. The molecule has 2 aromatic carbocycles. The first-order valence-electron chi connectivity index (χ1n) is 10.3. The van der Waals surface area contributed by atoms with Crippen molar-refractivity contribution in [3.05, 3.63) is 101 Å². The van der Waals surface area contributed by atoms with E-state index in [2.05, 4.69) is 56.4 Å². The summed E-state index contributed by atoms with van der Waals surface area (Å²) in [5.41, 5.74) is 4.84. The van der Waals surface area contributed by atoms with Crippen LogP contribution in [0.4, 0.5) is 0 Å². The van der Waals surface area contributed by atoms with Crippen molar-refractivity contribution < 1.29 is 4.74 Å². The molecule has 0 saturated heterocycles. The van der Waals surface area contributed by atoms with Gasteiger partial charge in [-0.1, -0.05) is 36.4 Å². The van der Waals surface area contributed by atoms with Gasteiger partial charge in [0.1, 0.15) is 11.3 Å². The Morgan fingerprint density at radius 1 is 0.969 bits per heavy atom. The number of benzene rings is 2. The average molecular weight is 423 g/mol. The molecule has 3 heterocycles. The molecule has 7 heteroatoms. The molecule has 0 saturated carbocycles. The molecule has 0 aliphatic heterocycles. The monoisotopic (exact) mass is 423 g/mol. The van der Waals surface area contributed by atoms with Gasteiger partial charge in [-0.2, -0.15) is 5.10 Å². The molecule has 0 atom stereocenters. The number of pyridine rings is 1. The third-order valence-electron chi connectivity index (χ3n) is 5.44. The van der Waals surface area contributed by atoms with Crippen LogP contribution in [0.5, 0.6) is 5.75 Å². The summed E-state index contributed by atoms with van der Waals surface area (Å²) in [7, 11) is 1.69. The third-order valence-corrected chi connectivity index (χ3v) is 5.44. The molecule has 32 heavy (non-hydrogen) atoms. The molecule has 0 amide bonds. The van der Waals surface area contributed by atoms with Gasteiger partial charge in [-0.15, -0.1) is 0 Å². The Morgan fingerprint density at radius 2 is 1.78 bits per heavy atom. The maximum Gasteiger partial charge on any atom is 0.258 e. The summed E-state index contributed by atoms with van der Waals surface area (Å²) in [6.45, 7) is 0. The fraction of sp³-hybridized carbons (Fsp3) is 0.120. The second-order valence-electron chi connectivity index (χ2n) is 7.49. The molecule has 158 valence electrons. The van der Waals surface area contributed by atoms with E-state index in [9.17, 15) is 4.79 Å². The van der Waals surface area contributed by atoms with Crippen molar-refractivity contribution in [1.29, 1.82) is 0 Å². The quantitative estimate of drug-likeness (QED) is 0.447. The van der Waals surface area contributed by atoms with Crippen LogP contribution in [0.2, 0.25) is 0 Å². The number of hydrogen-bond donors (Lipinski definition) is 1. The van der Waals surface area contributed by atoms with Crippen molar-refractivity contribution in [2.75, 3.05) is 7.11 Å². The normalized spacial score (nSPS) is 11.0. The van der Waals surface area contributed by atoms with E-state index in [1.54, 1.807) is 30.3 Å². The van der Waals surface area contributed by atoms with Crippen molar-refractivity contribution in [2.45, 2.75) is 12.8 Å². The van der Waals surface area contributed by atoms with E-state index in [0.29, 0.717) is 16.7 Å². The van der Waals surface area contributed by atoms with Gasteiger partial charge < -0.3 is 9.72 Å². The van der Waals surface area contributed by atoms with Crippen LogP contribution in [0.25, 0.3) is 27.8 Å². The van der Waals surface area contributed by atoms with E-state index in [1.807, 2.05) is 18.3 Å². The number of rotatable bonds is 6. The van der Waals surface area contributed by atoms with Crippen molar-refractivity contribution >= 4 is 10.9 Å². The Morgan fingerprint density at radius 3 is 2.62 bits per heavy atom. The lowest BCUT2D eigenvalue weighted by molar-refractivity contribution is 0.414. The molecule has 0 bridgehead atoms. The maximum absolute atomic E-state index is 12.1. The number of aromatic amines is 1. The lowest BCUT2D eigenvalue weighted by atomic mass is 10.0. The van der Waals surface area contributed by atoms with E-state index in [1.165, 1.54) is 17.5 Å². The molecule has 0 aliphatic rings. The van der Waals surface area contributed by atoms with Gasteiger partial charge in [0.05, 0.1) is 25.0 Å². The number of ether oxygens (including phenoxy) is 1. The molecular weight excluding hydrogens is 402 g/mol. The number of H-pyrrole nitrogens is 1. The van der Waals surface area contributed by atoms with E-state index < -0.39 is 0 Å². The van der Waals surface area contributed by atoms with Crippen LogP contribution >= 0.6 is 0 Å². The first-order chi connectivity index (χ1) is 15.7. The number of aryl methyl sites for hydroxylation is 2. The lowest BCUT2D eigenvalue weighted by Gasteiger charge is -2.06. The minimum absolute atomic E-state index is 0.199. The van der Waals surface area contributed by atoms with Crippen LogP contribution in [0.15, 0.2) is 84.3 Å². The second-order valence-corrected chi connectivity index (χ2v) is 7.49. The second kappa shape index (κ2) is 8.47. The highest BCUT2D eigenvalue weighted by Gasteiger charge is 2.11. The molecule has 0 aliphatic carbocycles. The summed E-state index contributed by atoms with van der Waals surface area (Å²) in [6.07, 6.45) is 8.54. The summed E-state index contributed by atoms with van der Waals surface area (Å²) >= 11 is 0. The molecule has 5 aromatic rings. The molecule has 3 aromatic heterocycles. The van der Waals surface area contributed by atoms with Crippen LogP contribution in [-0.4, -0.2) is 31.8 Å². The fourth-order valence-electron chi connectivity index (χ4n) is 3.77. The smallest absolute Gasteiger partial charge is 0.258 e. The maximum atomic E-state index is 12.1. The van der Waals surface area contributed by atoms with Gasteiger partial charge >= 0.3 is 0 Å². The number of methoxy groups -OCH3 is 1. The summed E-state index contributed by atoms with van der Waals surface area (Å²) in [6, 6.07) is 18.3. The average Bonchev–Trinajstić information content (AvgIpc) is 3.33. The number of aromatic nitrogens is 5. The van der Waals surface area contributed by atoms with E-state index in [4.69, 9.17) is 4.74 Å². The standard InChI is InChI=1S/C25H21N5O2/c1-32-21-7-3-5-18(13-21)9-8-17-4-2-6-19(12-17)20-14-29-30(15-20)24-23-22(10-11-26-24)25(31)28-16-27-23/h2-7,10-16H,8-9H2,1H3,(H,27,28,31). The van der Waals surface area contributed by atoms with Crippen molar-refractivity contribution in [3.8, 4) is 22.7 Å². The highest BCUT2D eigenvalue weighted by molar-refractivity contribution is 5.83. The summed E-state index contributed by atoms with van der Waals surface area (Å²) in [5, 5.41) is 4.95. The zero-order valence-corrected chi connectivity index (χ0v) is 17.5. The molecule has 0 unspecified atom stereocenters. The van der Waals surface area contributed by atoms with E-state index >= 15 is 0 Å². The number of nitrogens with zero attached hydrogens (tertiary/aromatic N) is 4. The molecule has 7 nitrogen and oxygen atoms in total. The van der Waals surface area contributed by atoms with Crippen LogP contribution in [0, 0.1) is 0 Å². The Labute approximate surface area is 184 Å². The topological polar surface area (TPSA) is 85.7 Å². The highest BCUT2D eigenvalue weighted by atomic mass is 16.5. The predicted octanol–water partition coefficient (Wildman–Crippen LogP) is 3.96. The van der Waals surface area contributed by atoms with Gasteiger partial charge in [0.2, 0.25) is 0 Å². The lowest BCUT2D eigenvalue weighted by Crippen LogP contribution is -2.09. The SMILES string of the molecule is COc1cccc(CCc2cccc(-c3cnn(-c4nccc5c(=O)[nH]cnc45)c3)c2)c1. The van der Waals surface area contributed by atoms with Crippen molar-refractivity contribution in [2.24, 2.45) is 0 Å². The number of fused-ring (bicyclic) bond motifs is 1. The first-order valence-corrected chi connectivity index (χ1v) is 10.3. The van der Waals surface area contributed by atoms with Crippen LogP contribution < -0.4 is 10.3 Å². The Kier molecular flexibility index (Phi) is 5.21. The molecule has 0 fully saturated rings. The largest absolute Gasteiger partial charge is 0.497 e. The minimum atomic E-state index is -0.199. The Bertz CT molecular complexity index is 1450. The van der Waals surface area contributed by atoms with Crippen molar-refractivity contribution in [1.82, 2.24) is 24.7 Å². The van der Waals surface area contributed by atoms with Gasteiger partial charge in [-0.3, -0.25) is 4.79 Å². The highest BCUT2D eigenvalue weighted by Crippen LogP contribution is 2.23. The summed E-state index contributed by atoms with van der Waals surface area (Å²) in [4.78, 5) is 23.3. The van der Waals surface area contributed by atoms with E-state index in [0.717, 1.165) is 29.7 Å². The Balaban J connectivity index is 1.40. The summed E-state index contributed by atoms with van der Waals surface area (Å²) < 4.78 is 6.98. The molecule has 0 radical (unpaired) electrons. The molecular formula is C25H21N5O2. The van der Waals surface area contributed by atoms with E-state index in [-0.39, 0.29) is 5.56 Å². The van der Waals surface area contributed by atoms with Gasteiger partial charge in [0.15, 0.2) is 5.82 Å². The van der Waals surface area contributed by atoms with Crippen LogP contribution in [-0.2, 0) is 12.8 Å². The number of nitrogens with one attached hydrogen (secondary N) is 1. The van der Waals surface area contributed by atoms with Crippen LogP contribution in [0.1, 0.15) is 11.1 Å². The van der Waals surface area contributed by atoms with Gasteiger partial charge in [-0.05, 0) is 47.7 Å². The Hall–Kier alpha value is -4.26. The molecule has 0 spiro atoms. The minimum Gasteiger partial charge on any atom is -0.497 e. The van der Waals surface area contributed by atoms with Crippen LogP contribution in [0.3, 0.4) is 0 Å².